The van der Waals surface area contributed by atoms with E-state index >= 15 is 0 Å². The van der Waals surface area contributed by atoms with E-state index in [4.69, 9.17) is 14.2 Å². The molecule has 0 aliphatic rings. The van der Waals surface area contributed by atoms with Gasteiger partial charge in [0.05, 0.1) is 0 Å². The lowest BCUT2D eigenvalue weighted by atomic mass is 10.0. The second-order valence-electron chi connectivity index (χ2n) is 23.1. The molecule has 0 fully saturated rings. The normalized spacial score (nSPS) is 12.8. The number of hydrogen-bond acceptors (Lipinski definition) is 6. The predicted octanol–water partition coefficient (Wildman–Crippen LogP) is 24.2. The van der Waals surface area contributed by atoms with Gasteiger partial charge in [0.25, 0.3) is 0 Å². The number of ether oxygens (including phenoxy) is 3. The van der Waals surface area contributed by atoms with Crippen molar-refractivity contribution in [3.63, 3.8) is 0 Å². The summed E-state index contributed by atoms with van der Waals surface area (Å²) in [4.78, 5) is 38.5. The molecule has 0 aromatic heterocycles. The van der Waals surface area contributed by atoms with E-state index in [1.54, 1.807) is 0 Å². The molecule has 0 aliphatic heterocycles. The molecule has 0 radical (unpaired) electrons. The highest BCUT2D eigenvalue weighted by Crippen LogP contribution is 2.17. The Balaban J connectivity index is 4.36. The van der Waals surface area contributed by atoms with Crippen LogP contribution < -0.4 is 0 Å². The lowest BCUT2D eigenvalue weighted by Crippen LogP contribution is -2.30. The van der Waals surface area contributed by atoms with Crippen LogP contribution in [0.15, 0.2) is 109 Å². The Morgan fingerprint density at radius 2 is 0.476 bits per heavy atom. The van der Waals surface area contributed by atoms with Crippen LogP contribution in [0.25, 0.3) is 0 Å². The van der Waals surface area contributed by atoms with Crippen LogP contribution in [0.5, 0.6) is 0 Å². The molecule has 0 aromatic carbocycles. The summed E-state index contributed by atoms with van der Waals surface area (Å²) >= 11 is 0. The molecule has 0 bridgehead atoms. The Morgan fingerprint density at radius 1 is 0.256 bits per heavy atom. The quantitative estimate of drug-likeness (QED) is 0.0261. The summed E-state index contributed by atoms with van der Waals surface area (Å²) in [7, 11) is 0. The third-order valence-corrected chi connectivity index (χ3v) is 15.0. The molecule has 0 heterocycles. The van der Waals surface area contributed by atoms with Gasteiger partial charge in [0.15, 0.2) is 6.10 Å². The third kappa shape index (κ3) is 66.9. The van der Waals surface area contributed by atoms with E-state index in [1.807, 2.05) is 0 Å². The first-order chi connectivity index (χ1) is 40.5. The lowest BCUT2D eigenvalue weighted by Gasteiger charge is -2.18. The molecule has 1 atom stereocenters. The maximum Gasteiger partial charge on any atom is 0.306 e. The van der Waals surface area contributed by atoms with Gasteiger partial charge in [-0.05, 0) is 128 Å². The average molecular weight is 1140 g/mol. The number of carbonyl (C=O) groups is 3. The molecule has 0 aromatic rings. The van der Waals surface area contributed by atoms with E-state index in [0.29, 0.717) is 19.3 Å². The number of carbonyl (C=O) groups excluding carboxylic acids is 3. The van der Waals surface area contributed by atoms with Crippen LogP contribution in [0.1, 0.15) is 335 Å². The van der Waals surface area contributed by atoms with Crippen LogP contribution in [0.4, 0.5) is 0 Å². The van der Waals surface area contributed by atoms with E-state index in [-0.39, 0.29) is 31.1 Å². The van der Waals surface area contributed by atoms with Gasteiger partial charge < -0.3 is 14.2 Å². The molecule has 0 amide bonds. The van der Waals surface area contributed by atoms with Crippen molar-refractivity contribution in [2.24, 2.45) is 0 Å². The Kier molecular flexibility index (Phi) is 66.2. The third-order valence-electron chi connectivity index (χ3n) is 15.0. The van der Waals surface area contributed by atoms with Gasteiger partial charge in [0.1, 0.15) is 13.2 Å². The maximum atomic E-state index is 13.0. The van der Waals surface area contributed by atoms with Gasteiger partial charge in [-0.2, -0.15) is 0 Å². The largest absolute Gasteiger partial charge is 0.462 e. The Morgan fingerprint density at radius 3 is 0.768 bits per heavy atom. The van der Waals surface area contributed by atoms with Crippen molar-refractivity contribution < 1.29 is 28.6 Å². The van der Waals surface area contributed by atoms with Crippen LogP contribution in [0.2, 0.25) is 0 Å². The zero-order valence-corrected chi connectivity index (χ0v) is 54.0. The summed E-state index contributed by atoms with van der Waals surface area (Å²) in [5.74, 6) is -0.885. The molecule has 82 heavy (non-hydrogen) atoms. The van der Waals surface area contributed by atoms with Gasteiger partial charge in [0, 0.05) is 19.3 Å². The Labute approximate surface area is 508 Å². The summed E-state index contributed by atoms with van der Waals surface area (Å²) in [6.45, 7) is 6.51. The van der Waals surface area contributed by atoms with Crippen LogP contribution in [0.3, 0.4) is 0 Å². The monoisotopic (exact) mass is 1140 g/mol. The van der Waals surface area contributed by atoms with Crippen LogP contribution in [0, 0.1) is 0 Å². The van der Waals surface area contributed by atoms with Gasteiger partial charge in [-0.1, -0.05) is 297 Å². The molecule has 470 valence electrons. The van der Waals surface area contributed by atoms with E-state index < -0.39 is 6.10 Å². The fraction of sp³-hybridized carbons (Fsp3) is 0.724. The minimum absolute atomic E-state index is 0.0832. The van der Waals surface area contributed by atoms with Crippen molar-refractivity contribution in [1.29, 1.82) is 0 Å². The number of hydrogen-bond donors (Lipinski definition) is 0. The second-order valence-corrected chi connectivity index (χ2v) is 23.1. The minimum atomic E-state index is -0.788. The highest BCUT2D eigenvalue weighted by atomic mass is 16.6. The molecule has 0 saturated heterocycles. The summed E-state index contributed by atoms with van der Waals surface area (Å²) in [5.41, 5.74) is 0. The molecular formula is C76H130O6. The summed E-state index contributed by atoms with van der Waals surface area (Å²) in [6, 6.07) is 0. The summed E-state index contributed by atoms with van der Waals surface area (Å²) in [5, 5.41) is 0. The number of rotatable bonds is 63. The lowest BCUT2D eigenvalue weighted by molar-refractivity contribution is -0.167. The van der Waals surface area contributed by atoms with E-state index in [0.717, 1.165) is 109 Å². The predicted molar refractivity (Wildman–Crippen MR) is 357 cm³/mol. The first kappa shape index (κ1) is 78.1. The molecule has 0 aliphatic carbocycles. The number of unbranched alkanes of at least 4 members (excludes halogenated alkanes) is 34. The highest BCUT2D eigenvalue weighted by molar-refractivity contribution is 5.71. The summed E-state index contributed by atoms with van der Waals surface area (Å²) in [6.07, 6.45) is 95.2. The first-order valence-electron chi connectivity index (χ1n) is 34.9. The second kappa shape index (κ2) is 69.6. The Bertz CT molecular complexity index is 1640. The SMILES string of the molecule is CC/C=C\C/C=C\C/C=C\C/C=C\C/C=C\CCCCCCCCCCCCCC(=O)OCC(COC(=O)CCCCCCCCC/C=C\C/C=C\CCCCCC)OC(=O)CCCCCCCCCCC/C=C\C/C=C\CCCCC. The van der Waals surface area contributed by atoms with E-state index in [9.17, 15) is 14.4 Å². The van der Waals surface area contributed by atoms with Crippen molar-refractivity contribution in [1.82, 2.24) is 0 Å². The van der Waals surface area contributed by atoms with Crippen molar-refractivity contribution >= 4 is 17.9 Å². The van der Waals surface area contributed by atoms with Crippen LogP contribution >= 0.6 is 0 Å². The standard InChI is InChI=1S/C76H130O6/c1-4-7-10-13-16-19-22-25-28-31-34-35-36-37-38-39-40-41-43-45-48-51-54-57-60-63-66-69-75(78)81-72-73(71-80-74(77)68-65-62-59-56-53-50-47-44-33-30-27-24-21-18-15-12-9-6-3)82-76(79)70-67-64-61-58-55-52-49-46-42-32-29-26-23-20-17-14-11-8-5-2/h7,10,16-17,19-21,24-26,28-30,33-35,37-38,73H,4-6,8-9,11-15,18,22-23,27,31-32,36,39-72H2,1-3H3/b10-7-,19-16-,20-17-,24-21-,28-25-,29-26-,33-30-,35-34-,38-37-. The first-order valence-corrected chi connectivity index (χ1v) is 34.9. The number of allylic oxidation sites excluding steroid dienone is 18. The maximum absolute atomic E-state index is 13.0. The molecule has 0 rings (SSSR count). The van der Waals surface area contributed by atoms with Crippen molar-refractivity contribution in [3.05, 3.63) is 109 Å². The zero-order valence-electron chi connectivity index (χ0n) is 54.0. The van der Waals surface area contributed by atoms with Gasteiger partial charge in [-0.15, -0.1) is 0 Å². The van der Waals surface area contributed by atoms with Gasteiger partial charge in [-0.25, -0.2) is 0 Å². The van der Waals surface area contributed by atoms with Crippen molar-refractivity contribution in [2.45, 2.75) is 341 Å². The molecule has 6 nitrogen and oxygen atoms in total. The molecular weight excluding hydrogens is 1010 g/mol. The minimum Gasteiger partial charge on any atom is -0.462 e. The van der Waals surface area contributed by atoms with Gasteiger partial charge >= 0.3 is 17.9 Å². The molecule has 6 heteroatoms. The van der Waals surface area contributed by atoms with Crippen LogP contribution in [-0.4, -0.2) is 37.2 Å². The highest BCUT2D eigenvalue weighted by Gasteiger charge is 2.19. The fourth-order valence-corrected chi connectivity index (χ4v) is 9.77. The van der Waals surface area contributed by atoms with E-state index in [2.05, 4.69) is 130 Å². The fourth-order valence-electron chi connectivity index (χ4n) is 9.77. The molecule has 1 unspecified atom stereocenters. The number of esters is 3. The molecule has 0 N–H and O–H groups in total. The Hall–Kier alpha value is -3.93. The van der Waals surface area contributed by atoms with Crippen LogP contribution in [-0.2, 0) is 28.6 Å². The van der Waals surface area contributed by atoms with Gasteiger partial charge in [-0.3, -0.25) is 14.4 Å². The van der Waals surface area contributed by atoms with E-state index in [1.165, 1.54) is 186 Å². The van der Waals surface area contributed by atoms with Crippen molar-refractivity contribution in [2.75, 3.05) is 13.2 Å². The smallest absolute Gasteiger partial charge is 0.306 e. The van der Waals surface area contributed by atoms with Gasteiger partial charge in [0.2, 0.25) is 0 Å². The average Bonchev–Trinajstić information content (AvgIpc) is 3.47. The zero-order chi connectivity index (χ0) is 59.2. The van der Waals surface area contributed by atoms with Crippen molar-refractivity contribution in [3.8, 4) is 0 Å². The topological polar surface area (TPSA) is 78.9 Å². The summed E-state index contributed by atoms with van der Waals surface area (Å²) < 4.78 is 17.0. The molecule has 0 saturated carbocycles. The molecule has 0 spiro atoms.